The third kappa shape index (κ3) is 3.36. The highest BCUT2D eigenvalue weighted by Gasteiger charge is 2.09. The van der Waals surface area contributed by atoms with E-state index in [-0.39, 0.29) is 0 Å². The summed E-state index contributed by atoms with van der Waals surface area (Å²) in [6.07, 6.45) is 2.99. The smallest absolute Gasteiger partial charge is 0.224 e. The number of rotatable bonds is 6. The van der Waals surface area contributed by atoms with Gasteiger partial charge in [0, 0.05) is 26.3 Å². The van der Waals surface area contributed by atoms with E-state index in [4.69, 9.17) is 0 Å². The SMILES string of the molecule is CCC(C)CN(CC)c1ccnc(NC)n1. The molecule has 0 aliphatic rings. The first-order chi connectivity index (χ1) is 7.71. The lowest BCUT2D eigenvalue weighted by Crippen LogP contribution is -2.29. The molecule has 1 rings (SSSR count). The van der Waals surface area contributed by atoms with E-state index in [2.05, 4.69) is 41.0 Å². The predicted octanol–water partition coefficient (Wildman–Crippen LogP) is 2.39. The van der Waals surface area contributed by atoms with Gasteiger partial charge in [0.1, 0.15) is 5.82 Å². The number of anilines is 2. The molecular weight excluding hydrogens is 200 g/mol. The second-order valence-electron chi connectivity index (χ2n) is 4.04. The maximum Gasteiger partial charge on any atom is 0.224 e. The van der Waals surface area contributed by atoms with Crippen molar-refractivity contribution in [3.05, 3.63) is 12.3 Å². The molecule has 0 aliphatic heterocycles. The van der Waals surface area contributed by atoms with E-state index in [0.717, 1.165) is 18.9 Å². The standard InChI is InChI=1S/C12H22N4/c1-5-10(3)9-16(6-2)11-7-8-14-12(13-4)15-11/h7-8,10H,5-6,9H2,1-4H3,(H,13,14,15). The van der Waals surface area contributed by atoms with Crippen LogP contribution in [0.2, 0.25) is 0 Å². The van der Waals surface area contributed by atoms with Crippen LogP contribution < -0.4 is 10.2 Å². The van der Waals surface area contributed by atoms with Gasteiger partial charge < -0.3 is 10.2 Å². The molecular formula is C12H22N4. The second-order valence-corrected chi connectivity index (χ2v) is 4.04. The second kappa shape index (κ2) is 6.30. The highest BCUT2D eigenvalue weighted by molar-refractivity contribution is 5.42. The number of nitrogens with one attached hydrogen (secondary N) is 1. The van der Waals surface area contributed by atoms with Crippen LogP contribution in [-0.2, 0) is 0 Å². The third-order valence-electron chi connectivity index (χ3n) is 2.80. The van der Waals surface area contributed by atoms with E-state index >= 15 is 0 Å². The molecule has 0 fully saturated rings. The Morgan fingerprint density at radius 3 is 2.75 bits per heavy atom. The van der Waals surface area contributed by atoms with Gasteiger partial charge in [-0.3, -0.25) is 0 Å². The first-order valence-corrected chi connectivity index (χ1v) is 5.97. The third-order valence-corrected chi connectivity index (χ3v) is 2.80. The van der Waals surface area contributed by atoms with Gasteiger partial charge in [0.15, 0.2) is 0 Å². The normalized spacial score (nSPS) is 12.2. The fourth-order valence-corrected chi connectivity index (χ4v) is 1.54. The molecule has 0 saturated heterocycles. The molecule has 0 amide bonds. The van der Waals surface area contributed by atoms with Crippen molar-refractivity contribution >= 4 is 11.8 Å². The monoisotopic (exact) mass is 222 g/mol. The molecule has 4 nitrogen and oxygen atoms in total. The van der Waals surface area contributed by atoms with Crippen LogP contribution >= 0.6 is 0 Å². The van der Waals surface area contributed by atoms with Gasteiger partial charge in [-0.05, 0) is 18.9 Å². The van der Waals surface area contributed by atoms with Gasteiger partial charge in [0.05, 0.1) is 0 Å². The summed E-state index contributed by atoms with van der Waals surface area (Å²) < 4.78 is 0. The Balaban J connectivity index is 2.77. The highest BCUT2D eigenvalue weighted by atomic mass is 15.2. The lowest BCUT2D eigenvalue weighted by molar-refractivity contribution is 0.545. The minimum atomic E-state index is 0.681. The number of hydrogen-bond donors (Lipinski definition) is 1. The van der Waals surface area contributed by atoms with Crippen LogP contribution in [0.25, 0.3) is 0 Å². The van der Waals surface area contributed by atoms with Crippen LogP contribution in [0.3, 0.4) is 0 Å². The van der Waals surface area contributed by atoms with Crippen molar-refractivity contribution in [3.63, 3.8) is 0 Å². The van der Waals surface area contributed by atoms with Crippen molar-refractivity contribution in [3.8, 4) is 0 Å². The molecule has 90 valence electrons. The molecule has 1 aromatic heterocycles. The molecule has 1 N–H and O–H groups in total. The van der Waals surface area contributed by atoms with Crippen LogP contribution in [0, 0.1) is 5.92 Å². The van der Waals surface area contributed by atoms with Gasteiger partial charge in [-0.1, -0.05) is 20.3 Å². The Kier molecular flexibility index (Phi) is 5.02. The van der Waals surface area contributed by atoms with Crippen molar-refractivity contribution in [1.29, 1.82) is 0 Å². The topological polar surface area (TPSA) is 41.1 Å². The summed E-state index contributed by atoms with van der Waals surface area (Å²) in [6.45, 7) is 8.67. The summed E-state index contributed by atoms with van der Waals surface area (Å²) in [5.74, 6) is 2.37. The molecule has 0 saturated carbocycles. The Bertz CT molecular complexity index is 314. The van der Waals surface area contributed by atoms with Gasteiger partial charge in [-0.2, -0.15) is 4.98 Å². The Hall–Kier alpha value is -1.32. The van der Waals surface area contributed by atoms with Gasteiger partial charge in [0.2, 0.25) is 5.95 Å². The predicted molar refractivity (Wildman–Crippen MR) is 68.9 cm³/mol. The number of aromatic nitrogens is 2. The largest absolute Gasteiger partial charge is 0.357 e. The van der Waals surface area contributed by atoms with Crippen molar-refractivity contribution in [2.24, 2.45) is 5.92 Å². The number of nitrogens with zero attached hydrogens (tertiary/aromatic N) is 3. The Morgan fingerprint density at radius 1 is 1.44 bits per heavy atom. The van der Waals surface area contributed by atoms with Crippen LogP contribution in [0.4, 0.5) is 11.8 Å². The van der Waals surface area contributed by atoms with E-state index in [0.29, 0.717) is 11.9 Å². The minimum Gasteiger partial charge on any atom is -0.357 e. The fraction of sp³-hybridized carbons (Fsp3) is 0.667. The summed E-state index contributed by atoms with van der Waals surface area (Å²) in [4.78, 5) is 10.9. The summed E-state index contributed by atoms with van der Waals surface area (Å²) in [5.41, 5.74) is 0. The number of hydrogen-bond acceptors (Lipinski definition) is 4. The van der Waals surface area contributed by atoms with Crippen molar-refractivity contribution in [2.45, 2.75) is 27.2 Å². The van der Waals surface area contributed by atoms with Gasteiger partial charge >= 0.3 is 0 Å². The molecule has 16 heavy (non-hydrogen) atoms. The summed E-state index contributed by atoms with van der Waals surface area (Å²) in [6, 6.07) is 1.96. The first-order valence-electron chi connectivity index (χ1n) is 5.97. The maximum atomic E-state index is 4.45. The van der Waals surface area contributed by atoms with Crippen LogP contribution in [0.15, 0.2) is 12.3 Å². The molecule has 0 radical (unpaired) electrons. The van der Waals surface area contributed by atoms with Crippen LogP contribution in [-0.4, -0.2) is 30.1 Å². The maximum absolute atomic E-state index is 4.45. The first kappa shape index (κ1) is 12.7. The Morgan fingerprint density at radius 2 is 2.19 bits per heavy atom. The summed E-state index contributed by atoms with van der Waals surface area (Å²) >= 11 is 0. The molecule has 0 aromatic carbocycles. The highest BCUT2D eigenvalue weighted by Crippen LogP contribution is 2.14. The van der Waals surface area contributed by atoms with E-state index in [1.807, 2.05) is 13.1 Å². The molecule has 0 bridgehead atoms. The van der Waals surface area contributed by atoms with Gasteiger partial charge in [0.25, 0.3) is 0 Å². The lowest BCUT2D eigenvalue weighted by atomic mass is 10.1. The van der Waals surface area contributed by atoms with Crippen molar-refractivity contribution in [1.82, 2.24) is 9.97 Å². The van der Waals surface area contributed by atoms with Crippen LogP contribution in [0.1, 0.15) is 27.2 Å². The summed E-state index contributed by atoms with van der Waals surface area (Å²) in [5, 5.41) is 2.96. The molecule has 0 aliphatic carbocycles. The van der Waals surface area contributed by atoms with E-state index in [1.165, 1.54) is 6.42 Å². The average molecular weight is 222 g/mol. The quantitative estimate of drug-likeness (QED) is 0.802. The Labute approximate surface area is 98.1 Å². The van der Waals surface area contributed by atoms with Crippen molar-refractivity contribution in [2.75, 3.05) is 30.4 Å². The molecule has 1 aromatic rings. The van der Waals surface area contributed by atoms with E-state index in [1.54, 1.807) is 6.20 Å². The van der Waals surface area contributed by atoms with Crippen LogP contribution in [0.5, 0.6) is 0 Å². The molecule has 4 heteroatoms. The average Bonchev–Trinajstić information content (AvgIpc) is 2.35. The van der Waals surface area contributed by atoms with Gasteiger partial charge in [-0.25, -0.2) is 4.98 Å². The molecule has 1 heterocycles. The van der Waals surface area contributed by atoms with Gasteiger partial charge in [-0.15, -0.1) is 0 Å². The zero-order valence-corrected chi connectivity index (χ0v) is 10.7. The zero-order valence-electron chi connectivity index (χ0n) is 10.7. The zero-order chi connectivity index (χ0) is 12.0. The summed E-state index contributed by atoms with van der Waals surface area (Å²) in [7, 11) is 1.84. The van der Waals surface area contributed by atoms with E-state index in [9.17, 15) is 0 Å². The fourth-order valence-electron chi connectivity index (χ4n) is 1.54. The molecule has 0 spiro atoms. The molecule has 1 unspecified atom stereocenters. The molecule has 1 atom stereocenters. The van der Waals surface area contributed by atoms with Crippen molar-refractivity contribution < 1.29 is 0 Å². The van der Waals surface area contributed by atoms with E-state index < -0.39 is 0 Å². The minimum absolute atomic E-state index is 0.681. The lowest BCUT2D eigenvalue weighted by Gasteiger charge is -2.25.